The number of rotatable bonds is 3. The number of aryl methyl sites for hydroxylation is 1. The van der Waals surface area contributed by atoms with Gasteiger partial charge < -0.3 is 11.1 Å². The molecule has 0 aromatic heterocycles. The molecule has 0 unspecified atom stereocenters. The molecule has 0 amide bonds. The quantitative estimate of drug-likeness (QED) is 0.831. The van der Waals surface area contributed by atoms with Crippen LogP contribution in [-0.2, 0) is 6.54 Å². The summed E-state index contributed by atoms with van der Waals surface area (Å²) in [7, 11) is 0. The summed E-state index contributed by atoms with van der Waals surface area (Å²) in [6.07, 6.45) is 0. The van der Waals surface area contributed by atoms with Crippen molar-refractivity contribution < 1.29 is 8.78 Å². The third-order valence-electron chi connectivity index (χ3n) is 2.81. The van der Waals surface area contributed by atoms with E-state index in [1.165, 1.54) is 6.07 Å². The number of nitrogens with one attached hydrogen (secondary N) is 1. The fourth-order valence-corrected chi connectivity index (χ4v) is 1.90. The molecule has 0 radical (unpaired) electrons. The second kappa shape index (κ2) is 5.45. The van der Waals surface area contributed by atoms with E-state index in [2.05, 4.69) is 5.32 Å². The maximum absolute atomic E-state index is 13.1. The molecule has 0 aliphatic rings. The molecule has 0 saturated heterocycles. The first kappa shape index (κ1) is 13.6. The molecule has 0 heterocycles. The molecule has 2 aromatic carbocycles. The zero-order chi connectivity index (χ0) is 14.0. The summed E-state index contributed by atoms with van der Waals surface area (Å²) < 4.78 is 25.9. The van der Waals surface area contributed by atoms with E-state index in [1.807, 2.05) is 6.92 Å². The molecule has 0 bridgehead atoms. The van der Waals surface area contributed by atoms with Crippen molar-refractivity contribution in [2.24, 2.45) is 0 Å². The van der Waals surface area contributed by atoms with Gasteiger partial charge in [-0.25, -0.2) is 8.78 Å². The van der Waals surface area contributed by atoms with Crippen molar-refractivity contribution in [2.75, 3.05) is 11.1 Å². The Balaban J connectivity index is 2.14. The Kier molecular flexibility index (Phi) is 3.90. The van der Waals surface area contributed by atoms with Gasteiger partial charge in [0.15, 0.2) is 11.6 Å². The zero-order valence-electron chi connectivity index (χ0n) is 10.3. The molecule has 2 rings (SSSR count). The lowest BCUT2D eigenvalue weighted by atomic mass is 10.1. The van der Waals surface area contributed by atoms with Crippen LogP contribution in [-0.4, -0.2) is 0 Å². The predicted molar refractivity (Wildman–Crippen MR) is 74.3 cm³/mol. The molecule has 2 nitrogen and oxygen atoms in total. The third kappa shape index (κ3) is 3.15. The van der Waals surface area contributed by atoms with Crippen molar-refractivity contribution in [3.05, 3.63) is 58.1 Å². The number of hydrogen-bond acceptors (Lipinski definition) is 2. The highest BCUT2D eigenvalue weighted by atomic mass is 35.5. The fraction of sp³-hybridized carbons (Fsp3) is 0.143. The molecule has 0 fully saturated rings. The van der Waals surface area contributed by atoms with Gasteiger partial charge in [-0.2, -0.15) is 0 Å². The summed E-state index contributed by atoms with van der Waals surface area (Å²) in [6, 6.07) is 7.27. The average Bonchev–Trinajstić information content (AvgIpc) is 2.36. The SMILES string of the molecule is Cc1cc(N)c(Cl)cc1NCc1ccc(F)c(F)c1. The molecule has 0 atom stereocenters. The zero-order valence-corrected chi connectivity index (χ0v) is 11.1. The first-order valence-electron chi connectivity index (χ1n) is 5.71. The van der Waals surface area contributed by atoms with E-state index in [0.717, 1.165) is 23.4 Å². The molecule has 0 aliphatic heterocycles. The van der Waals surface area contributed by atoms with Crippen LogP contribution in [0.3, 0.4) is 0 Å². The molecule has 19 heavy (non-hydrogen) atoms. The minimum Gasteiger partial charge on any atom is -0.398 e. The van der Waals surface area contributed by atoms with E-state index in [-0.39, 0.29) is 0 Å². The van der Waals surface area contributed by atoms with Crippen LogP contribution in [0.25, 0.3) is 0 Å². The van der Waals surface area contributed by atoms with Crippen molar-refractivity contribution in [1.29, 1.82) is 0 Å². The lowest BCUT2D eigenvalue weighted by Crippen LogP contribution is -2.03. The average molecular weight is 283 g/mol. The van der Waals surface area contributed by atoms with Gasteiger partial charge >= 0.3 is 0 Å². The van der Waals surface area contributed by atoms with Crippen LogP contribution in [0.4, 0.5) is 20.2 Å². The number of halogens is 3. The summed E-state index contributed by atoms with van der Waals surface area (Å²) in [5.41, 5.74) is 8.58. The molecule has 0 aliphatic carbocycles. The first-order chi connectivity index (χ1) is 8.97. The minimum absolute atomic E-state index is 0.373. The van der Waals surface area contributed by atoms with Gasteiger partial charge in [-0.3, -0.25) is 0 Å². The smallest absolute Gasteiger partial charge is 0.159 e. The minimum atomic E-state index is -0.855. The van der Waals surface area contributed by atoms with Crippen LogP contribution < -0.4 is 11.1 Å². The number of nitrogens with two attached hydrogens (primary N) is 1. The van der Waals surface area contributed by atoms with E-state index < -0.39 is 11.6 Å². The Hall–Kier alpha value is -1.81. The van der Waals surface area contributed by atoms with Crippen LogP contribution in [0.1, 0.15) is 11.1 Å². The van der Waals surface area contributed by atoms with Crippen LogP contribution >= 0.6 is 11.6 Å². The second-order valence-corrected chi connectivity index (χ2v) is 4.70. The van der Waals surface area contributed by atoms with E-state index in [9.17, 15) is 8.78 Å². The highest BCUT2D eigenvalue weighted by molar-refractivity contribution is 6.33. The van der Waals surface area contributed by atoms with Gasteiger partial charge in [0.1, 0.15) is 0 Å². The summed E-state index contributed by atoms with van der Waals surface area (Å²) in [5, 5.41) is 3.57. The van der Waals surface area contributed by atoms with Crippen molar-refractivity contribution in [3.8, 4) is 0 Å². The summed E-state index contributed by atoms with van der Waals surface area (Å²) in [4.78, 5) is 0. The van der Waals surface area contributed by atoms with Gasteiger partial charge in [0.2, 0.25) is 0 Å². The van der Waals surface area contributed by atoms with Crippen molar-refractivity contribution in [1.82, 2.24) is 0 Å². The number of anilines is 2. The maximum atomic E-state index is 13.1. The van der Waals surface area contributed by atoms with Crippen molar-refractivity contribution in [3.63, 3.8) is 0 Å². The Morgan fingerprint density at radius 3 is 2.58 bits per heavy atom. The summed E-state index contributed by atoms with van der Waals surface area (Å²) in [5.74, 6) is -1.71. The molecule has 0 saturated carbocycles. The van der Waals surface area contributed by atoms with E-state index >= 15 is 0 Å². The van der Waals surface area contributed by atoms with Crippen LogP contribution in [0, 0.1) is 18.6 Å². The standard InChI is InChI=1S/C14H13ClF2N2/c1-8-4-13(18)10(15)6-14(8)19-7-9-2-3-11(16)12(17)5-9/h2-6,19H,7,18H2,1H3. The number of benzene rings is 2. The third-order valence-corrected chi connectivity index (χ3v) is 3.14. The highest BCUT2D eigenvalue weighted by Gasteiger charge is 2.05. The molecule has 3 N–H and O–H groups in total. The first-order valence-corrected chi connectivity index (χ1v) is 6.08. The lowest BCUT2D eigenvalue weighted by molar-refractivity contribution is 0.507. The molecule has 100 valence electrons. The monoisotopic (exact) mass is 282 g/mol. The Labute approximate surface area is 115 Å². The van der Waals surface area contributed by atoms with E-state index in [1.54, 1.807) is 12.1 Å². The highest BCUT2D eigenvalue weighted by Crippen LogP contribution is 2.27. The fourth-order valence-electron chi connectivity index (χ4n) is 1.74. The maximum Gasteiger partial charge on any atom is 0.159 e. The Morgan fingerprint density at radius 1 is 1.16 bits per heavy atom. The van der Waals surface area contributed by atoms with Gasteiger partial charge in [-0.15, -0.1) is 0 Å². The number of nitrogen functional groups attached to an aromatic ring is 1. The van der Waals surface area contributed by atoms with Gasteiger partial charge in [0.25, 0.3) is 0 Å². The van der Waals surface area contributed by atoms with Gasteiger partial charge in [-0.1, -0.05) is 17.7 Å². The van der Waals surface area contributed by atoms with Crippen LogP contribution in [0.15, 0.2) is 30.3 Å². The summed E-state index contributed by atoms with van der Waals surface area (Å²) >= 11 is 5.94. The predicted octanol–water partition coefficient (Wildman–Crippen LogP) is 4.12. The Morgan fingerprint density at radius 2 is 1.89 bits per heavy atom. The number of hydrogen-bond donors (Lipinski definition) is 2. The van der Waals surface area contributed by atoms with Gasteiger partial charge in [0, 0.05) is 12.2 Å². The van der Waals surface area contributed by atoms with Gasteiger partial charge in [-0.05, 0) is 42.3 Å². The van der Waals surface area contributed by atoms with Gasteiger partial charge in [0.05, 0.1) is 10.7 Å². The normalized spacial score (nSPS) is 10.5. The lowest BCUT2D eigenvalue weighted by Gasteiger charge is -2.11. The van der Waals surface area contributed by atoms with Crippen LogP contribution in [0.2, 0.25) is 5.02 Å². The molecular weight excluding hydrogens is 270 g/mol. The van der Waals surface area contributed by atoms with Crippen molar-refractivity contribution in [2.45, 2.75) is 13.5 Å². The second-order valence-electron chi connectivity index (χ2n) is 4.29. The molecule has 5 heteroatoms. The Bertz CT molecular complexity index is 615. The molecular formula is C14H13ClF2N2. The van der Waals surface area contributed by atoms with Crippen molar-refractivity contribution >= 4 is 23.0 Å². The molecule has 2 aromatic rings. The largest absolute Gasteiger partial charge is 0.398 e. The molecule has 0 spiro atoms. The van der Waals surface area contributed by atoms with Crippen LogP contribution in [0.5, 0.6) is 0 Å². The van der Waals surface area contributed by atoms with E-state index in [0.29, 0.717) is 22.8 Å². The van der Waals surface area contributed by atoms with E-state index in [4.69, 9.17) is 17.3 Å². The summed E-state index contributed by atoms with van der Waals surface area (Å²) in [6.45, 7) is 2.26. The topological polar surface area (TPSA) is 38.0 Å².